The lowest BCUT2D eigenvalue weighted by Crippen LogP contribution is -2.30. The van der Waals surface area contributed by atoms with Gasteiger partial charge in [0.25, 0.3) is 5.91 Å². The maximum absolute atomic E-state index is 12.1. The van der Waals surface area contributed by atoms with Gasteiger partial charge in [-0.1, -0.05) is 74.5 Å². The summed E-state index contributed by atoms with van der Waals surface area (Å²) in [6.45, 7) is 4.99. The molecule has 4 rings (SSSR count). The van der Waals surface area contributed by atoms with Gasteiger partial charge in [-0.3, -0.25) is 4.79 Å². The summed E-state index contributed by atoms with van der Waals surface area (Å²) in [5.41, 5.74) is 4.59. The van der Waals surface area contributed by atoms with Crippen molar-refractivity contribution in [3.8, 4) is 5.75 Å². The molecule has 0 radical (unpaired) electrons. The highest BCUT2D eigenvalue weighted by atomic mass is 16.5. The molecule has 0 fully saturated rings. The van der Waals surface area contributed by atoms with Crippen LogP contribution in [0, 0.1) is 0 Å². The Hall–Kier alpha value is -3.53. The van der Waals surface area contributed by atoms with E-state index in [1.54, 1.807) is 0 Å². The van der Waals surface area contributed by atoms with E-state index in [2.05, 4.69) is 78.7 Å². The first kappa shape index (κ1) is 20.7. The fourth-order valence-corrected chi connectivity index (χ4v) is 3.79. The molecule has 4 aromatic rings. The van der Waals surface area contributed by atoms with Crippen molar-refractivity contribution in [2.75, 3.05) is 13.2 Å². The number of rotatable bonds is 8. The number of hydrogen-bond donors (Lipinski definition) is 2. The van der Waals surface area contributed by atoms with Crippen LogP contribution in [0.4, 0.5) is 0 Å². The number of carbonyl (C=O) groups excluding carboxylic acids is 1. The lowest BCUT2D eigenvalue weighted by atomic mass is 9.78. The second-order valence-electron chi connectivity index (χ2n) is 8.29. The second kappa shape index (κ2) is 9.09. The van der Waals surface area contributed by atoms with Crippen molar-refractivity contribution in [2.45, 2.75) is 25.7 Å². The van der Waals surface area contributed by atoms with E-state index in [0.29, 0.717) is 12.3 Å². The number of benzene rings is 3. The smallest absolute Gasteiger partial charge is 0.257 e. The fraction of sp³-hybridized carbons (Fsp3) is 0.222. The van der Waals surface area contributed by atoms with Gasteiger partial charge in [0.2, 0.25) is 0 Å². The highest BCUT2D eigenvalue weighted by molar-refractivity contribution is 5.80. The van der Waals surface area contributed by atoms with E-state index in [1.807, 2.05) is 30.3 Å². The topological polar surface area (TPSA) is 54.1 Å². The average Bonchev–Trinajstić information content (AvgIpc) is 3.21. The Kier molecular flexibility index (Phi) is 6.08. The minimum Gasteiger partial charge on any atom is -0.484 e. The quantitative estimate of drug-likeness (QED) is 0.416. The minimum absolute atomic E-state index is 0.00806. The zero-order valence-corrected chi connectivity index (χ0v) is 18.0. The molecule has 0 unspecified atom stereocenters. The number of ether oxygens (including phenoxy) is 1. The molecule has 0 saturated carbocycles. The van der Waals surface area contributed by atoms with Gasteiger partial charge in [-0.2, -0.15) is 0 Å². The molecule has 1 amide bonds. The minimum atomic E-state index is -0.121. The molecule has 0 aliphatic rings. The van der Waals surface area contributed by atoms with Crippen molar-refractivity contribution >= 4 is 16.8 Å². The van der Waals surface area contributed by atoms with Crippen LogP contribution in [0.5, 0.6) is 5.75 Å². The summed E-state index contributed by atoms with van der Waals surface area (Å²) in [6.07, 6.45) is 0.754. The first-order chi connectivity index (χ1) is 15.0. The monoisotopic (exact) mass is 412 g/mol. The molecule has 0 atom stereocenters. The Morgan fingerprint density at radius 1 is 0.903 bits per heavy atom. The molecule has 0 saturated heterocycles. The Morgan fingerprint density at radius 3 is 2.32 bits per heavy atom. The van der Waals surface area contributed by atoms with Crippen molar-refractivity contribution in [2.24, 2.45) is 0 Å². The van der Waals surface area contributed by atoms with Gasteiger partial charge >= 0.3 is 0 Å². The molecule has 0 aliphatic heterocycles. The van der Waals surface area contributed by atoms with Gasteiger partial charge in [0.15, 0.2) is 6.61 Å². The van der Waals surface area contributed by atoms with Crippen LogP contribution in [-0.2, 0) is 16.6 Å². The summed E-state index contributed by atoms with van der Waals surface area (Å²) < 4.78 is 5.67. The van der Waals surface area contributed by atoms with Crippen LogP contribution in [0.15, 0.2) is 84.9 Å². The third kappa shape index (κ3) is 4.97. The van der Waals surface area contributed by atoms with Crippen LogP contribution >= 0.6 is 0 Å². The van der Waals surface area contributed by atoms with Gasteiger partial charge in [0.05, 0.1) is 0 Å². The molecular weight excluding hydrogens is 384 g/mol. The van der Waals surface area contributed by atoms with Crippen molar-refractivity contribution < 1.29 is 9.53 Å². The van der Waals surface area contributed by atoms with Crippen molar-refractivity contribution in [1.29, 1.82) is 0 Å². The van der Waals surface area contributed by atoms with Crippen molar-refractivity contribution in [3.05, 3.63) is 102 Å². The van der Waals surface area contributed by atoms with Crippen LogP contribution in [0.3, 0.4) is 0 Å². The molecule has 31 heavy (non-hydrogen) atoms. The highest BCUT2D eigenvalue weighted by Crippen LogP contribution is 2.32. The second-order valence-corrected chi connectivity index (χ2v) is 8.29. The SMILES string of the molecule is CC(C)(c1ccccc1)c1ccc(OCC(=O)NCCc2cc3ccccc3[nH]2)cc1. The Balaban J connectivity index is 1.25. The molecule has 0 bridgehead atoms. The average molecular weight is 413 g/mol. The van der Waals surface area contributed by atoms with Gasteiger partial charge in [-0.05, 0) is 40.8 Å². The third-order valence-corrected chi connectivity index (χ3v) is 5.74. The summed E-state index contributed by atoms with van der Waals surface area (Å²) in [7, 11) is 0. The maximum Gasteiger partial charge on any atom is 0.257 e. The van der Waals surface area contributed by atoms with E-state index in [1.165, 1.54) is 16.5 Å². The lowest BCUT2D eigenvalue weighted by molar-refractivity contribution is -0.123. The number of aromatic nitrogens is 1. The molecule has 0 aliphatic carbocycles. The van der Waals surface area contributed by atoms with Gasteiger partial charge in [0.1, 0.15) is 5.75 Å². The Morgan fingerprint density at radius 2 is 1.58 bits per heavy atom. The predicted octanol–water partition coefficient (Wildman–Crippen LogP) is 5.23. The van der Waals surface area contributed by atoms with Crippen molar-refractivity contribution in [3.63, 3.8) is 0 Å². The first-order valence-corrected chi connectivity index (χ1v) is 10.6. The fourth-order valence-electron chi connectivity index (χ4n) is 3.79. The van der Waals surface area contributed by atoms with E-state index in [9.17, 15) is 4.79 Å². The summed E-state index contributed by atoms with van der Waals surface area (Å²) in [5.74, 6) is 0.572. The molecule has 1 aromatic heterocycles. The van der Waals surface area contributed by atoms with E-state index in [0.717, 1.165) is 17.6 Å². The zero-order chi connectivity index (χ0) is 21.7. The molecular formula is C27H28N2O2. The summed E-state index contributed by atoms with van der Waals surface area (Å²) in [6, 6.07) is 28.7. The first-order valence-electron chi connectivity index (χ1n) is 10.6. The number of H-pyrrole nitrogens is 1. The number of nitrogens with one attached hydrogen (secondary N) is 2. The third-order valence-electron chi connectivity index (χ3n) is 5.74. The molecule has 1 heterocycles. The van der Waals surface area contributed by atoms with Gasteiger partial charge in [0, 0.05) is 29.6 Å². The number of para-hydroxylation sites is 1. The summed E-state index contributed by atoms with van der Waals surface area (Å²) in [5, 5.41) is 4.11. The molecule has 2 N–H and O–H groups in total. The van der Waals surface area contributed by atoms with Crippen LogP contribution < -0.4 is 10.1 Å². The van der Waals surface area contributed by atoms with Crippen LogP contribution in [0.1, 0.15) is 30.7 Å². The molecule has 4 heteroatoms. The van der Waals surface area contributed by atoms with E-state index in [4.69, 9.17) is 4.74 Å². The number of aromatic amines is 1. The molecule has 4 nitrogen and oxygen atoms in total. The van der Waals surface area contributed by atoms with Crippen LogP contribution in [0.25, 0.3) is 10.9 Å². The normalized spacial score (nSPS) is 11.4. The number of fused-ring (bicyclic) bond motifs is 1. The predicted molar refractivity (Wildman–Crippen MR) is 126 cm³/mol. The standard InChI is InChI=1S/C27H28N2O2/c1-27(2,21-9-4-3-5-10-21)22-12-14-24(15-13-22)31-19-26(30)28-17-16-23-18-20-8-6-7-11-25(20)29-23/h3-15,18,29H,16-17,19H2,1-2H3,(H,28,30). The number of hydrogen-bond acceptors (Lipinski definition) is 2. The lowest BCUT2D eigenvalue weighted by Gasteiger charge is -2.26. The maximum atomic E-state index is 12.1. The number of amides is 1. The molecule has 3 aromatic carbocycles. The van der Waals surface area contributed by atoms with Crippen molar-refractivity contribution in [1.82, 2.24) is 10.3 Å². The Bertz CT molecular complexity index is 1110. The van der Waals surface area contributed by atoms with E-state index >= 15 is 0 Å². The van der Waals surface area contributed by atoms with E-state index < -0.39 is 0 Å². The van der Waals surface area contributed by atoms with Crippen LogP contribution in [0.2, 0.25) is 0 Å². The molecule has 0 spiro atoms. The van der Waals surface area contributed by atoms with E-state index in [-0.39, 0.29) is 17.9 Å². The molecule has 158 valence electrons. The highest BCUT2D eigenvalue weighted by Gasteiger charge is 2.22. The number of carbonyl (C=O) groups is 1. The van der Waals surface area contributed by atoms with Crippen LogP contribution in [-0.4, -0.2) is 24.0 Å². The van der Waals surface area contributed by atoms with Gasteiger partial charge in [-0.25, -0.2) is 0 Å². The zero-order valence-electron chi connectivity index (χ0n) is 18.0. The largest absolute Gasteiger partial charge is 0.484 e. The Labute approximate surface area is 183 Å². The summed E-state index contributed by atoms with van der Waals surface area (Å²) in [4.78, 5) is 15.5. The summed E-state index contributed by atoms with van der Waals surface area (Å²) >= 11 is 0. The van der Waals surface area contributed by atoms with Gasteiger partial charge < -0.3 is 15.0 Å². The van der Waals surface area contributed by atoms with Gasteiger partial charge in [-0.15, -0.1) is 0 Å².